The molecule has 0 saturated heterocycles. The number of para-hydroxylation sites is 1. The van der Waals surface area contributed by atoms with Crippen LogP contribution in [-0.2, 0) is 0 Å². The number of benzene rings is 1. The van der Waals surface area contributed by atoms with Crippen molar-refractivity contribution in [3.63, 3.8) is 0 Å². The average molecular weight is 296 g/mol. The van der Waals surface area contributed by atoms with Crippen molar-refractivity contribution in [2.45, 2.75) is 45.1 Å². The largest absolute Gasteiger partial charge is 0.367 e. The molecule has 1 saturated carbocycles. The van der Waals surface area contributed by atoms with Crippen molar-refractivity contribution < 1.29 is 0 Å². The Morgan fingerprint density at radius 3 is 2.59 bits per heavy atom. The van der Waals surface area contributed by atoms with Crippen LogP contribution in [-0.4, -0.2) is 22.6 Å². The van der Waals surface area contributed by atoms with E-state index >= 15 is 0 Å². The van der Waals surface area contributed by atoms with Gasteiger partial charge in [-0.2, -0.15) is 4.98 Å². The van der Waals surface area contributed by atoms with Gasteiger partial charge in [-0.25, -0.2) is 4.98 Å². The van der Waals surface area contributed by atoms with Crippen molar-refractivity contribution in [2.24, 2.45) is 0 Å². The predicted molar refractivity (Wildman–Crippen MR) is 91.6 cm³/mol. The fraction of sp³-hybridized carbons (Fsp3) is 0.444. The molecule has 1 N–H and O–H groups in total. The second-order valence-electron chi connectivity index (χ2n) is 5.80. The van der Waals surface area contributed by atoms with E-state index in [4.69, 9.17) is 4.98 Å². The van der Waals surface area contributed by atoms with Crippen LogP contribution in [0.1, 0.15) is 39.0 Å². The summed E-state index contributed by atoms with van der Waals surface area (Å²) in [5, 5.41) is 3.57. The normalized spacial score (nSPS) is 15.5. The lowest BCUT2D eigenvalue weighted by molar-refractivity contribution is 0.462. The molecule has 1 aromatic heterocycles. The van der Waals surface area contributed by atoms with Crippen molar-refractivity contribution in [3.05, 3.63) is 42.6 Å². The monoisotopic (exact) mass is 296 g/mol. The zero-order valence-electron chi connectivity index (χ0n) is 13.2. The Morgan fingerprint density at radius 1 is 1.09 bits per heavy atom. The number of hydrogen-bond donors (Lipinski definition) is 1. The van der Waals surface area contributed by atoms with Gasteiger partial charge in [0, 0.05) is 24.5 Å². The molecule has 2 aromatic rings. The number of aromatic nitrogens is 2. The van der Waals surface area contributed by atoms with E-state index in [1.807, 2.05) is 30.5 Å². The number of hydrogen-bond acceptors (Lipinski definition) is 4. The summed E-state index contributed by atoms with van der Waals surface area (Å²) in [5.74, 6) is 1.70. The van der Waals surface area contributed by atoms with Gasteiger partial charge < -0.3 is 10.2 Å². The number of anilines is 3. The molecule has 0 amide bonds. The molecule has 0 atom stereocenters. The molecule has 4 nitrogen and oxygen atoms in total. The van der Waals surface area contributed by atoms with E-state index in [1.54, 1.807) is 0 Å². The average Bonchev–Trinajstić information content (AvgIpc) is 2.58. The molecule has 4 heteroatoms. The zero-order valence-corrected chi connectivity index (χ0v) is 13.2. The summed E-state index contributed by atoms with van der Waals surface area (Å²) in [6.45, 7) is 2.97. The molecule has 3 rings (SSSR count). The van der Waals surface area contributed by atoms with E-state index in [0.29, 0.717) is 6.04 Å². The summed E-state index contributed by atoms with van der Waals surface area (Å²) in [7, 11) is 0. The van der Waals surface area contributed by atoms with Gasteiger partial charge in [-0.3, -0.25) is 0 Å². The van der Waals surface area contributed by atoms with Gasteiger partial charge in [-0.05, 0) is 38.0 Å². The summed E-state index contributed by atoms with van der Waals surface area (Å²) in [6, 6.07) is 12.8. The zero-order chi connectivity index (χ0) is 15.2. The number of nitrogens with one attached hydrogen (secondary N) is 1. The lowest BCUT2D eigenvalue weighted by atomic mass is 9.95. The third-order valence-corrected chi connectivity index (χ3v) is 4.23. The second kappa shape index (κ2) is 7.25. The lowest BCUT2D eigenvalue weighted by Gasteiger charge is -2.25. The lowest BCUT2D eigenvalue weighted by Crippen LogP contribution is -2.24. The summed E-state index contributed by atoms with van der Waals surface area (Å²) in [4.78, 5) is 11.3. The maximum atomic E-state index is 4.72. The van der Waals surface area contributed by atoms with Crippen LogP contribution < -0.4 is 10.2 Å². The Balaban J connectivity index is 1.77. The highest BCUT2D eigenvalue weighted by molar-refractivity contribution is 5.58. The summed E-state index contributed by atoms with van der Waals surface area (Å²) in [5.41, 5.74) is 1.12. The fourth-order valence-electron chi connectivity index (χ4n) is 3.06. The molecule has 0 unspecified atom stereocenters. The first-order valence-electron chi connectivity index (χ1n) is 8.29. The Hall–Kier alpha value is -2.10. The predicted octanol–water partition coefficient (Wildman–Crippen LogP) is 4.38. The summed E-state index contributed by atoms with van der Waals surface area (Å²) in [6.07, 6.45) is 8.34. The minimum atomic E-state index is 0.559. The number of nitrogens with zero attached hydrogens (tertiary/aromatic N) is 3. The van der Waals surface area contributed by atoms with Crippen molar-refractivity contribution in [2.75, 3.05) is 16.8 Å². The minimum Gasteiger partial charge on any atom is -0.367 e. The molecular weight excluding hydrogens is 272 g/mol. The summed E-state index contributed by atoms with van der Waals surface area (Å²) >= 11 is 0. The highest BCUT2D eigenvalue weighted by Crippen LogP contribution is 2.24. The Morgan fingerprint density at radius 2 is 1.86 bits per heavy atom. The van der Waals surface area contributed by atoms with Crippen molar-refractivity contribution in [1.29, 1.82) is 0 Å². The van der Waals surface area contributed by atoms with E-state index in [1.165, 1.54) is 32.1 Å². The molecule has 1 aliphatic rings. The van der Waals surface area contributed by atoms with Gasteiger partial charge >= 0.3 is 0 Å². The summed E-state index contributed by atoms with van der Waals surface area (Å²) < 4.78 is 0. The molecule has 1 fully saturated rings. The third-order valence-electron chi connectivity index (χ3n) is 4.23. The van der Waals surface area contributed by atoms with Gasteiger partial charge in [0.1, 0.15) is 5.82 Å². The fourth-order valence-corrected chi connectivity index (χ4v) is 3.06. The van der Waals surface area contributed by atoms with Gasteiger partial charge in [0.05, 0.1) is 0 Å². The first-order valence-corrected chi connectivity index (χ1v) is 8.29. The van der Waals surface area contributed by atoms with E-state index in [9.17, 15) is 0 Å². The van der Waals surface area contributed by atoms with Crippen molar-refractivity contribution in [3.8, 4) is 0 Å². The standard InChI is InChI=1S/C18H24N4/c1-2-22(16-11-7-4-8-12-16)18-19-14-13-17(21-18)20-15-9-5-3-6-10-15/h4,7-8,11-15H,2-3,5-6,9-10H2,1H3,(H,19,20,21). The van der Waals surface area contributed by atoms with Gasteiger partial charge in [-0.1, -0.05) is 37.5 Å². The number of rotatable bonds is 5. The van der Waals surface area contributed by atoms with Crippen LogP contribution in [0.5, 0.6) is 0 Å². The van der Waals surface area contributed by atoms with Crippen LogP contribution in [0.25, 0.3) is 0 Å². The van der Waals surface area contributed by atoms with Gasteiger partial charge in [0.25, 0.3) is 0 Å². The van der Waals surface area contributed by atoms with E-state index in [-0.39, 0.29) is 0 Å². The Kier molecular flexibility index (Phi) is 4.88. The van der Waals surface area contributed by atoms with Crippen molar-refractivity contribution >= 4 is 17.5 Å². The van der Waals surface area contributed by atoms with Gasteiger partial charge in [0.2, 0.25) is 5.95 Å². The highest BCUT2D eigenvalue weighted by atomic mass is 15.3. The quantitative estimate of drug-likeness (QED) is 0.889. The molecule has 1 heterocycles. The second-order valence-corrected chi connectivity index (χ2v) is 5.80. The Labute approximate surface area is 132 Å². The topological polar surface area (TPSA) is 41.1 Å². The third kappa shape index (κ3) is 3.56. The van der Waals surface area contributed by atoms with Crippen LogP contribution in [0.4, 0.5) is 17.5 Å². The van der Waals surface area contributed by atoms with Gasteiger partial charge in [0.15, 0.2) is 0 Å². The Bertz CT molecular complexity index is 579. The molecule has 0 spiro atoms. The molecule has 0 radical (unpaired) electrons. The van der Waals surface area contributed by atoms with E-state index < -0.39 is 0 Å². The van der Waals surface area contributed by atoms with Gasteiger partial charge in [-0.15, -0.1) is 0 Å². The molecular formula is C18H24N4. The van der Waals surface area contributed by atoms with Crippen LogP contribution in [0.2, 0.25) is 0 Å². The van der Waals surface area contributed by atoms with Crippen molar-refractivity contribution in [1.82, 2.24) is 9.97 Å². The molecule has 0 aliphatic heterocycles. The molecule has 22 heavy (non-hydrogen) atoms. The first-order chi connectivity index (χ1) is 10.9. The van der Waals surface area contributed by atoms with Crippen LogP contribution in [0.15, 0.2) is 42.6 Å². The maximum absolute atomic E-state index is 4.72. The minimum absolute atomic E-state index is 0.559. The highest BCUT2D eigenvalue weighted by Gasteiger charge is 2.15. The maximum Gasteiger partial charge on any atom is 0.231 e. The molecule has 0 bridgehead atoms. The SMILES string of the molecule is CCN(c1ccccc1)c1nccc(NC2CCCCC2)n1. The van der Waals surface area contributed by atoms with Crippen LogP contribution >= 0.6 is 0 Å². The first kappa shape index (κ1) is 14.8. The van der Waals surface area contributed by atoms with E-state index in [0.717, 1.165) is 24.0 Å². The smallest absolute Gasteiger partial charge is 0.231 e. The van der Waals surface area contributed by atoms with E-state index in [2.05, 4.69) is 34.3 Å². The molecule has 116 valence electrons. The van der Waals surface area contributed by atoms with Crippen LogP contribution in [0.3, 0.4) is 0 Å². The van der Waals surface area contributed by atoms with Crippen LogP contribution in [0, 0.1) is 0 Å². The molecule has 1 aromatic carbocycles. The molecule has 1 aliphatic carbocycles.